The van der Waals surface area contributed by atoms with Crippen molar-refractivity contribution in [2.45, 2.75) is 39.5 Å². The fourth-order valence-corrected chi connectivity index (χ4v) is 4.47. The molecule has 2 aliphatic heterocycles. The van der Waals surface area contributed by atoms with Gasteiger partial charge >= 0.3 is 0 Å². The summed E-state index contributed by atoms with van der Waals surface area (Å²) in [7, 11) is 3.13. The Balaban J connectivity index is 1.94. The molecule has 2 aromatic rings. The molecule has 1 fully saturated rings. The third kappa shape index (κ3) is 3.36. The Hall–Kier alpha value is -3.29. The number of carbonyl (C=O) groups is 2. The van der Waals surface area contributed by atoms with Gasteiger partial charge in [-0.2, -0.15) is 0 Å². The summed E-state index contributed by atoms with van der Waals surface area (Å²) in [5.74, 6) is -0.457. The first kappa shape index (κ1) is 21.0. The highest BCUT2D eigenvalue weighted by Gasteiger charge is 2.45. The molecule has 0 spiro atoms. The molecule has 3 heterocycles. The topological polar surface area (TPSA) is 87.6 Å². The number of anilines is 1. The summed E-state index contributed by atoms with van der Waals surface area (Å²) in [6.45, 7) is 5.18. The van der Waals surface area contributed by atoms with Crippen LogP contribution in [0.3, 0.4) is 0 Å². The first-order valence-corrected chi connectivity index (χ1v) is 10.7. The highest BCUT2D eigenvalue weighted by Crippen LogP contribution is 2.39. The maximum atomic E-state index is 13.8. The van der Waals surface area contributed by atoms with Crippen molar-refractivity contribution < 1.29 is 14.3 Å². The standard InChI is InChI=1S/C23H28N4O4/c1-5-15-18(21(28)25(3)24-15)19-20(26-11-7-6-8-12-26)23(30)27(22(19)29)16-13-14(2)9-10-17(16)31-4/h9-10,13,24H,5-8,11-12H2,1-4H3. The van der Waals surface area contributed by atoms with Crippen molar-refractivity contribution in [2.24, 2.45) is 7.05 Å². The fraction of sp³-hybridized carbons (Fsp3) is 0.435. The minimum Gasteiger partial charge on any atom is -0.495 e. The van der Waals surface area contributed by atoms with E-state index in [1.807, 2.05) is 24.8 Å². The molecule has 0 unspecified atom stereocenters. The highest BCUT2D eigenvalue weighted by atomic mass is 16.5. The number of carbonyl (C=O) groups excluding carboxylic acids is 2. The number of aromatic nitrogens is 2. The van der Waals surface area contributed by atoms with E-state index in [2.05, 4.69) is 5.10 Å². The number of piperidine rings is 1. The van der Waals surface area contributed by atoms with Crippen LogP contribution < -0.4 is 15.2 Å². The summed E-state index contributed by atoms with van der Waals surface area (Å²) < 4.78 is 6.82. The van der Waals surface area contributed by atoms with Gasteiger partial charge in [-0.15, -0.1) is 0 Å². The van der Waals surface area contributed by atoms with Crippen molar-refractivity contribution in [1.82, 2.24) is 14.7 Å². The summed E-state index contributed by atoms with van der Waals surface area (Å²) in [5, 5.41) is 3.03. The van der Waals surface area contributed by atoms with Crippen molar-refractivity contribution in [3.05, 3.63) is 51.1 Å². The largest absolute Gasteiger partial charge is 0.495 e. The van der Waals surface area contributed by atoms with E-state index in [4.69, 9.17) is 4.74 Å². The Labute approximate surface area is 181 Å². The van der Waals surface area contributed by atoms with Crippen LogP contribution in [0.1, 0.15) is 43.0 Å². The number of methoxy groups -OCH3 is 1. The summed E-state index contributed by atoms with van der Waals surface area (Å²) in [6.07, 6.45) is 3.51. The first-order valence-electron chi connectivity index (χ1n) is 10.7. The number of aromatic amines is 1. The van der Waals surface area contributed by atoms with Crippen LogP contribution in [0, 0.1) is 6.92 Å². The summed E-state index contributed by atoms with van der Waals surface area (Å²) in [4.78, 5) is 43.6. The second kappa shape index (κ2) is 8.09. The minimum absolute atomic E-state index is 0.189. The van der Waals surface area contributed by atoms with E-state index in [0.717, 1.165) is 29.7 Å². The number of H-pyrrole nitrogens is 1. The normalized spacial score (nSPS) is 17.2. The molecule has 0 aliphatic carbocycles. The minimum atomic E-state index is -0.485. The quantitative estimate of drug-likeness (QED) is 0.745. The molecule has 0 atom stereocenters. The third-order valence-electron chi connectivity index (χ3n) is 6.03. The second-order valence-corrected chi connectivity index (χ2v) is 8.08. The van der Waals surface area contributed by atoms with Crippen molar-refractivity contribution in [3.63, 3.8) is 0 Å². The van der Waals surface area contributed by atoms with Gasteiger partial charge in [-0.05, 0) is 50.3 Å². The fourth-order valence-electron chi connectivity index (χ4n) is 4.47. The van der Waals surface area contributed by atoms with E-state index >= 15 is 0 Å². The van der Waals surface area contributed by atoms with Crippen LogP contribution in [-0.4, -0.2) is 46.7 Å². The number of ether oxygens (including phenoxy) is 1. The van der Waals surface area contributed by atoms with Gasteiger partial charge in [0.05, 0.1) is 23.9 Å². The highest BCUT2D eigenvalue weighted by molar-refractivity contribution is 6.45. The molecule has 2 amide bonds. The Bertz CT molecular complexity index is 1130. The summed E-state index contributed by atoms with van der Waals surface area (Å²) in [6, 6.07) is 5.38. The number of imide groups is 1. The Morgan fingerprint density at radius 3 is 2.42 bits per heavy atom. The predicted molar refractivity (Wildman–Crippen MR) is 118 cm³/mol. The average molecular weight is 425 g/mol. The molecule has 164 valence electrons. The van der Waals surface area contributed by atoms with Crippen molar-refractivity contribution in [3.8, 4) is 5.75 Å². The van der Waals surface area contributed by atoms with Crippen LogP contribution in [0.2, 0.25) is 0 Å². The number of hydrogen-bond acceptors (Lipinski definition) is 5. The first-order chi connectivity index (χ1) is 14.9. The van der Waals surface area contributed by atoms with Crippen LogP contribution in [-0.2, 0) is 23.1 Å². The SMILES string of the molecule is CCc1[nH]n(C)c(=O)c1C1=C(N2CCCCC2)C(=O)N(c2cc(C)ccc2OC)C1=O. The average Bonchev–Trinajstić information content (AvgIpc) is 3.19. The van der Waals surface area contributed by atoms with Crippen LogP contribution >= 0.6 is 0 Å². The molecule has 0 radical (unpaired) electrons. The zero-order valence-corrected chi connectivity index (χ0v) is 18.4. The molecule has 1 N–H and O–H groups in total. The Morgan fingerprint density at radius 1 is 1.06 bits per heavy atom. The van der Waals surface area contributed by atoms with Gasteiger partial charge in [0.1, 0.15) is 11.4 Å². The lowest BCUT2D eigenvalue weighted by Gasteiger charge is -2.29. The van der Waals surface area contributed by atoms with Gasteiger partial charge in [0.2, 0.25) is 0 Å². The van der Waals surface area contributed by atoms with Crippen LogP contribution in [0.5, 0.6) is 5.75 Å². The van der Waals surface area contributed by atoms with Crippen LogP contribution in [0.4, 0.5) is 5.69 Å². The lowest BCUT2D eigenvalue weighted by Crippen LogP contribution is -2.37. The number of benzene rings is 1. The monoisotopic (exact) mass is 424 g/mol. The molecule has 4 rings (SSSR count). The number of likely N-dealkylation sites (tertiary alicyclic amines) is 1. The summed E-state index contributed by atoms with van der Waals surface area (Å²) in [5.41, 5.74) is 2.44. The van der Waals surface area contributed by atoms with Gasteiger partial charge in [-0.3, -0.25) is 24.2 Å². The van der Waals surface area contributed by atoms with E-state index < -0.39 is 11.8 Å². The lowest BCUT2D eigenvalue weighted by molar-refractivity contribution is -0.120. The zero-order chi connectivity index (χ0) is 22.3. The van der Waals surface area contributed by atoms with Crippen LogP contribution in [0.25, 0.3) is 5.57 Å². The molecule has 8 heteroatoms. The van der Waals surface area contributed by atoms with Gasteiger partial charge in [0.15, 0.2) is 0 Å². The van der Waals surface area contributed by atoms with Gasteiger partial charge in [0.25, 0.3) is 17.4 Å². The number of hydrogen-bond donors (Lipinski definition) is 1. The smallest absolute Gasteiger partial charge is 0.282 e. The van der Waals surface area contributed by atoms with E-state index in [9.17, 15) is 14.4 Å². The van der Waals surface area contributed by atoms with E-state index in [1.54, 1.807) is 19.2 Å². The molecule has 1 aromatic carbocycles. The second-order valence-electron chi connectivity index (χ2n) is 8.08. The number of amides is 2. The van der Waals surface area contributed by atoms with E-state index in [0.29, 0.717) is 42.3 Å². The third-order valence-corrected chi connectivity index (χ3v) is 6.03. The van der Waals surface area contributed by atoms with Gasteiger partial charge < -0.3 is 9.64 Å². The van der Waals surface area contributed by atoms with Crippen LogP contribution in [0.15, 0.2) is 28.7 Å². The van der Waals surface area contributed by atoms with Crippen molar-refractivity contribution in [1.29, 1.82) is 0 Å². The molecular formula is C23H28N4O4. The molecule has 31 heavy (non-hydrogen) atoms. The molecule has 1 aromatic heterocycles. The van der Waals surface area contributed by atoms with E-state index in [-0.39, 0.29) is 16.7 Å². The molecule has 1 saturated heterocycles. The Morgan fingerprint density at radius 2 is 1.77 bits per heavy atom. The lowest BCUT2D eigenvalue weighted by atomic mass is 10.0. The van der Waals surface area contributed by atoms with Gasteiger partial charge in [0, 0.05) is 25.8 Å². The van der Waals surface area contributed by atoms with E-state index in [1.165, 1.54) is 11.8 Å². The summed E-state index contributed by atoms with van der Waals surface area (Å²) >= 11 is 0. The number of aryl methyl sites for hydroxylation is 3. The number of rotatable bonds is 5. The molecule has 8 nitrogen and oxygen atoms in total. The number of nitrogens with one attached hydrogen (secondary N) is 1. The van der Waals surface area contributed by atoms with Crippen molar-refractivity contribution in [2.75, 3.05) is 25.1 Å². The molecule has 2 aliphatic rings. The predicted octanol–water partition coefficient (Wildman–Crippen LogP) is 2.36. The van der Waals surface area contributed by atoms with Gasteiger partial charge in [-0.25, -0.2) is 4.90 Å². The molecule has 0 saturated carbocycles. The maximum Gasteiger partial charge on any atom is 0.282 e. The molecular weight excluding hydrogens is 396 g/mol. The zero-order valence-electron chi connectivity index (χ0n) is 18.4. The Kier molecular flexibility index (Phi) is 5.47. The maximum absolute atomic E-state index is 13.8. The van der Waals surface area contributed by atoms with Gasteiger partial charge in [-0.1, -0.05) is 13.0 Å². The molecule has 0 bridgehead atoms. The van der Waals surface area contributed by atoms with Crippen molar-refractivity contribution >= 4 is 23.1 Å². The number of nitrogens with zero attached hydrogens (tertiary/aromatic N) is 3.